The molecule has 0 aliphatic carbocycles. The van der Waals surface area contributed by atoms with Gasteiger partial charge in [0.25, 0.3) is 10.0 Å². The average molecular weight is 298 g/mol. The summed E-state index contributed by atoms with van der Waals surface area (Å²) < 4.78 is 32.1. The van der Waals surface area contributed by atoms with E-state index in [1.165, 1.54) is 15.6 Å². The molecule has 5 nitrogen and oxygen atoms in total. The van der Waals surface area contributed by atoms with Crippen LogP contribution < -0.4 is 0 Å². The van der Waals surface area contributed by atoms with Gasteiger partial charge in [0, 0.05) is 30.0 Å². The van der Waals surface area contributed by atoms with E-state index in [4.69, 9.17) is 4.52 Å². The molecule has 3 rings (SSSR count). The molecule has 2 aromatic rings. The minimum Gasteiger partial charge on any atom is -0.361 e. The monoisotopic (exact) mass is 298 g/mol. The van der Waals surface area contributed by atoms with Gasteiger partial charge in [0.1, 0.15) is 9.97 Å². The van der Waals surface area contributed by atoms with Gasteiger partial charge in [-0.15, -0.1) is 11.3 Å². The fourth-order valence-electron chi connectivity index (χ4n) is 2.13. The highest BCUT2D eigenvalue weighted by Crippen LogP contribution is 2.29. The Hall–Kier alpha value is -1.18. The lowest BCUT2D eigenvalue weighted by Gasteiger charge is -2.24. The highest BCUT2D eigenvalue weighted by atomic mass is 32.2. The highest BCUT2D eigenvalue weighted by molar-refractivity contribution is 7.91. The molecule has 102 valence electrons. The molecule has 1 aliphatic heterocycles. The van der Waals surface area contributed by atoms with E-state index < -0.39 is 10.0 Å². The normalized spacial score (nSPS) is 16.5. The Morgan fingerprint density at radius 2 is 2.32 bits per heavy atom. The number of rotatable bonds is 3. The number of nitrogens with zero attached hydrogens (tertiary/aromatic N) is 2. The van der Waals surface area contributed by atoms with Crippen molar-refractivity contribution < 1.29 is 12.9 Å². The van der Waals surface area contributed by atoms with Crippen molar-refractivity contribution in [1.82, 2.24) is 9.46 Å². The molecule has 0 unspecified atom stereocenters. The van der Waals surface area contributed by atoms with E-state index >= 15 is 0 Å². The van der Waals surface area contributed by atoms with Gasteiger partial charge in [0.15, 0.2) is 0 Å². The zero-order chi connectivity index (χ0) is 13.5. The van der Waals surface area contributed by atoms with Gasteiger partial charge >= 0.3 is 0 Å². The summed E-state index contributed by atoms with van der Waals surface area (Å²) in [5, 5.41) is 3.72. The van der Waals surface area contributed by atoms with Crippen molar-refractivity contribution >= 4 is 21.4 Å². The van der Waals surface area contributed by atoms with Crippen LogP contribution in [0.15, 0.2) is 27.1 Å². The Morgan fingerprint density at radius 3 is 3.05 bits per heavy atom. The van der Waals surface area contributed by atoms with Crippen molar-refractivity contribution in [3.8, 4) is 0 Å². The predicted molar refractivity (Wildman–Crippen MR) is 71.5 cm³/mol. The summed E-state index contributed by atoms with van der Waals surface area (Å²) in [4.78, 5) is 1.08. The lowest BCUT2D eigenvalue weighted by Crippen LogP contribution is -2.35. The maximum absolute atomic E-state index is 12.5. The van der Waals surface area contributed by atoms with Gasteiger partial charge in [-0.05, 0) is 18.6 Å². The molecule has 0 saturated carbocycles. The van der Waals surface area contributed by atoms with E-state index in [0.29, 0.717) is 23.7 Å². The van der Waals surface area contributed by atoms with Crippen LogP contribution in [0.1, 0.15) is 23.1 Å². The molecule has 0 aromatic carbocycles. The molecule has 0 bridgehead atoms. The maximum atomic E-state index is 12.5. The van der Waals surface area contributed by atoms with Gasteiger partial charge in [-0.2, -0.15) is 4.31 Å². The van der Waals surface area contributed by atoms with Gasteiger partial charge in [0.05, 0.1) is 6.20 Å². The van der Waals surface area contributed by atoms with Crippen LogP contribution in [0.25, 0.3) is 0 Å². The molecule has 7 heteroatoms. The van der Waals surface area contributed by atoms with E-state index in [1.807, 2.05) is 13.0 Å². The van der Waals surface area contributed by atoms with Crippen molar-refractivity contribution in [1.29, 1.82) is 0 Å². The van der Waals surface area contributed by atoms with Crippen LogP contribution in [0.3, 0.4) is 0 Å². The fourth-order valence-corrected chi connectivity index (χ4v) is 5.00. The Morgan fingerprint density at radius 1 is 1.47 bits per heavy atom. The summed E-state index contributed by atoms with van der Waals surface area (Å²) >= 11 is 1.35. The summed E-state index contributed by atoms with van der Waals surface area (Å²) in [6.45, 7) is 2.82. The first-order valence-corrected chi connectivity index (χ1v) is 8.38. The maximum Gasteiger partial charge on any atom is 0.252 e. The van der Waals surface area contributed by atoms with Gasteiger partial charge in [0.2, 0.25) is 0 Å². The van der Waals surface area contributed by atoms with E-state index in [-0.39, 0.29) is 0 Å². The number of aryl methyl sites for hydroxylation is 1. The molecule has 0 spiro atoms. The second-order valence-electron chi connectivity index (χ2n) is 4.44. The first-order valence-electron chi connectivity index (χ1n) is 6.12. The van der Waals surface area contributed by atoms with Gasteiger partial charge in [-0.1, -0.05) is 12.1 Å². The Bertz CT molecular complexity index is 687. The first kappa shape index (κ1) is 12.8. The van der Waals surface area contributed by atoms with Crippen LogP contribution in [-0.2, 0) is 29.4 Å². The third-order valence-electron chi connectivity index (χ3n) is 3.24. The zero-order valence-corrected chi connectivity index (χ0v) is 12.1. The second-order valence-corrected chi connectivity index (χ2v) is 7.77. The number of hydrogen-bond acceptors (Lipinski definition) is 5. The van der Waals surface area contributed by atoms with Crippen molar-refractivity contribution in [2.75, 3.05) is 6.54 Å². The minimum absolute atomic E-state index is 0.348. The summed E-state index contributed by atoms with van der Waals surface area (Å²) in [6, 6.07) is 3.58. The van der Waals surface area contributed by atoms with E-state index in [2.05, 4.69) is 5.16 Å². The highest BCUT2D eigenvalue weighted by Gasteiger charge is 2.31. The molecular weight excluding hydrogens is 284 g/mol. The number of fused-ring (bicyclic) bond motifs is 1. The summed E-state index contributed by atoms with van der Waals surface area (Å²) in [5.41, 5.74) is 0.863. The van der Waals surface area contributed by atoms with Crippen LogP contribution in [0, 0.1) is 0 Å². The fraction of sp³-hybridized carbons (Fsp3) is 0.417. The predicted octanol–water partition coefficient (Wildman–Crippen LogP) is 2.05. The average Bonchev–Trinajstić information content (AvgIpc) is 3.06. The number of hydrogen-bond donors (Lipinski definition) is 0. The lowest BCUT2D eigenvalue weighted by atomic mass is 10.1. The van der Waals surface area contributed by atoms with E-state index in [9.17, 15) is 8.42 Å². The SMILES string of the molecule is CCc1ccc(S(=O)(=O)N2CCc3oncc3C2)s1. The molecule has 3 heterocycles. The number of thiophene rings is 1. The number of aromatic nitrogens is 1. The summed E-state index contributed by atoms with van der Waals surface area (Å²) in [7, 11) is -3.39. The van der Waals surface area contributed by atoms with Crippen molar-refractivity contribution in [2.24, 2.45) is 0 Å². The molecule has 1 aliphatic rings. The quantitative estimate of drug-likeness (QED) is 0.870. The third kappa shape index (κ3) is 2.22. The van der Waals surface area contributed by atoms with Gasteiger partial charge in [-0.3, -0.25) is 0 Å². The molecule has 0 fully saturated rings. The molecule has 0 N–H and O–H groups in total. The second kappa shape index (κ2) is 4.73. The van der Waals surface area contributed by atoms with Crippen LogP contribution in [0.2, 0.25) is 0 Å². The molecule has 0 saturated heterocycles. The largest absolute Gasteiger partial charge is 0.361 e. The van der Waals surface area contributed by atoms with Crippen molar-refractivity contribution in [3.05, 3.63) is 34.5 Å². The Labute approximate surface area is 115 Å². The summed E-state index contributed by atoms with van der Waals surface area (Å²) in [5.74, 6) is 0.798. The van der Waals surface area contributed by atoms with Crippen LogP contribution >= 0.6 is 11.3 Å². The lowest BCUT2D eigenvalue weighted by molar-refractivity contribution is 0.331. The molecule has 0 radical (unpaired) electrons. The van der Waals surface area contributed by atoms with Crippen molar-refractivity contribution in [3.63, 3.8) is 0 Å². The molecule has 0 amide bonds. The Kier molecular flexibility index (Phi) is 3.20. The summed E-state index contributed by atoms with van der Waals surface area (Å²) in [6.07, 6.45) is 3.04. The first-order chi connectivity index (χ1) is 9.11. The topological polar surface area (TPSA) is 63.4 Å². The molecule has 0 atom stereocenters. The van der Waals surface area contributed by atoms with Crippen LogP contribution in [-0.4, -0.2) is 24.4 Å². The third-order valence-corrected chi connectivity index (χ3v) is 6.79. The zero-order valence-electron chi connectivity index (χ0n) is 10.5. The molecular formula is C12H14N2O3S2. The van der Waals surface area contributed by atoms with Crippen LogP contribution in [0.4, 0.5) is 0 Å². The smallest absolute Gasteiger partial charge is 0.252 e. The molecule has 19 heavy (non-hydrogen) atoms. The Balaban J connectivity index is 1.89. The minimum atomic E-state index is -3.39. The van der Waals surface area contributed by atoms with Crippen molar-refractivity contribution in [2.45, 2.75) is 30.5 Å². The number of sulfonamides is 1. The van der Waals surface area contributed by atoms with Crippen LogP contribution in [0.5, 0.6) is 0 Å². The van der Waals surface area contributed by atoms with E-state index in [1.54, 1.807) is 12.3 Å². The van der Waals surface area contributed by atoms with Gasteiger partial charge < -0.3 is 4.52 Å². The molecule has 2 aromatic heterocycles. The van der Waals surface area contributed by atoms with Gasteiger partial charge in [-0.25, -0.2) is 8.42 Å². The van der Waals surface area contributed by atoms with E-state index in [0.717, 1.165) is 22.6 Å². The standard InChI is InChI=1S/C12H14N2O3S2/c1-2-10-3-4-12(18-10)19(15,16)14-6-5-11-9(8-14)7-13-17-11/h3-4,7H,2,5-6,8H2,1H3.